The third-order valence-electron chi connectivity index (χ3n) is 7.95. The monoisotopic (exact) mass is 537 g/mol. The molecule has 2 aliphatic heterocycles. The Labute approximate surface area is 221 Å². The minimum atomic E-state index is -1.16. The quantitative estimate of drug-likeness (QED) is 0.287. The Bertz CT molecular complexity index is 1530. The number of carbonyl (C=O) groups is 1. The van der Waals surface area contributed by atoms with E-state index in [0.29, 0.717) is 28.5 Å². The number of anilines is 1. The van der Waals surface area contributed by atoms with Crippen LogP contribution in [-0.2, 0) is 11.3 Å². The van der Waals surface area contributed by atoms with Gasteiger partial charge in [-0.2, -0.15) is 0 Å². The highest BCUT2D eigenvalue weighted by Gasteiger charge is 2.43. The SMILES string of the molecule is O=C(O)c1cc(F)c2nc(N3C4CC[C@H]3CC(OCc3c(-c5ccccc5F)noc3C3CC3)C4)sc2c1. The zero-order chi connectivity index (χ0) is 26.0. The molecule has 0 spiro atoms. The maximum Gasteiger partial charge on any atom is 0.335 e. The van der Waals surface area contributed by atoms with E-state index in [9.17, 15) is 18.7 Å². The molecule has 3 aliphatic rings. The Balaban J connectivity index is 1.10. The largest absolute Gasteiger partial charge is 0.478 e. The Hall–Kier alpha value is -3.37. The summed E-state index contributed by atoms with van der Waals surface area (Å²) >= 11 is 1.34. The van der Waals surface area contributed by atoms with Crippen LogP contribution in [0.4, 0.5) is 13.9 Å². The summed E-state index contributed by atoms with van der Waals surface area (Å²) in [6, 6.07) is 9.52. The van der Waals surface area contributed by atoms with Crippen LogP contribution in [0.2, 0.25) is 0 Å². The third-order valence-corrected chi connectivity index (χ3v) is 8.97. The van der Waals surface area contributed by atoms with E-state index >= 15 is 0 Å². The highest BCUT2D eigenvalue weighted by atomic mass is 32.1. The molecule has 0 amide bonds. The average Bonchev–Trinajstić information content (AvgIpc) is 3.41. The second-order valence-corrected chi connectivity index (χ2v) is 11.4. The molecule has 1 N–H and O–H groups in total. The summed E-state index contributed by atoms with van der Waals surface area (Å²) in [7, 11) is 0. The molecule has 3 fully saturated rings. The fourth-order valence-electron chi connectivity index (χ4n) is 5.98. The number of aromatic nitrogens is 2. The molecule has 3 atom stereocenters. The topological polar surface area (TPSA) is 88.7 Å². The lowest BCUT2D eigenvalue weighted by Gasteiger charge is -2.38. The minimum absolute atomic E-state index is 0.0175. The van der Waals surface area contributed by atoms with Crippen molar-refractivity contribution < 1.29 is 27.9 Å². The van der Waals surface area contributed by atoms with Crippen molar-refractivity contribution >= 4 is 32.7 Å². The molecule has 2 aromatic carbocycles. The molecule has 2 aromatic heterocycles. The number of piperidine rings is 1. The number of hydrogen-bond donors (Lipinski definition) is 1. The first-order chi connectivity index (χ1) is 18.5. The molecule has 0 radical (unpaired) electrons. The predicted molar refractivity (Wildman–Crippen MR) is 138 cm³/mol. The van der Waals surface area contributed by atoms with Crippen LogP contribution in [0.5, 0.6) is 0 Å². The molecule has 7 rings (SSSR count). The first kappa shape index (κ1) is 23.7. The van der Waals surface area contributed by atoms with Crippen LogP contribution in [0.25, 0.3) is 21.5 Å². The molecule has 7 nitrogen and oxygen atoms in total. The standard InChI is InChI=1S/C28H25F2N3O4S/c29-21-4-2-1-3-19(21)24-20(26(37-32-24)14-5-6-14)13-36-18-11-16-7-8-17(12-18)33(16)28-31-25-22(30)9-15(27(34)35)10-23(25)38-28/h1-4,9-10,14,16-18H,5-8,11-13H2,(H,34,35)/t16-,17?,18?/m0/s1. The fourth-order valence-corrected chi connectivity index (χ4v) is 7.14. The number of benzene rings is 2. The van der Waals surface area contributed by atoms with Crippen molar-refractivity contribution in [2.75, 3.05) is 4.90 Å². The summed E-state index contributed by atoms with van der Waals surface area (Å²) in [6.45, 7) is 0.313. The van der Waals surface area contributed by atoms with E-state index in [4.69, 9.17) is 9.26 Å². The van der Waals surface area contributed by atoms with E-state index in [1.807, 2.05) is 0 Å². The molecule has 2 bridgehead atoms. The summed E-state index contributed by atoms with van der Waals surface area (Å²) < 4.78 is 41.8. The van der Waals surface area contributed by atoms with Crippen LogP contribution in [0.15, 0.2) is 40.9 Å². The smallest absolute Gasteiger partial charge is 0.335 e. The number of ether oxygens (including phenoxy) is 1. The maximum atomic E-state index is 14.6. The molecule has 4 heterocycles. The van der Waals surface area contributed by atoms with Crippen molar-refractivity contribution in [1.29, 1.82) is 0 Å². The molecular formula is C28H25F2N3O4S. The van der Waals surface area contributed by atoms with Gasteiger partial charge in [0.2, 0.25) is 0 Å². The Morgan fingerprint density at radius 1 is 1.11 bits per heavy atom. The summed E-state index contributed by atoms with van der Waals surface area (Å²) in [4.78, 5) is 18.2. The van der Waals surface area contributed by atoms with Gasteiger partial charge in [-0.25, -0.2) is 18.6 Å². The highest BCUT2D eigenvalue weighted by Crippen LogP contribution is 2.46. The van der Waals surface area contributed by atoms with Gasteiger partial charge in [0.05, 0.1) is 23.0 Å². The Morgan fingerprint density at radius 3 is 2.58 bits per heavy atom. The fraction of sp³-hybridized carbons (Fsp3) is 0.393. The molecule has 1 aliphatic carbocycles. The number of hydrogen-bond acceptors (Lipinski definition) is 7. The third kappa shape index (κ3) is 4.06. The predicted octanol–water partition coefficient (Wildman–Crippen LogP) is 6.52. The van der Waals surface area contributed by atoms with Gasteiger partial charge in [0.15, 0.2) is 10.9 Å². The second kappa shape index (κ2) is 9.13. The van der Waals surface area contributed by atoms with Crippen molar-refractivity contribution in [3.05, 3.63) is 64.9 Å². The van der Waals surface area contributed by atoms with Gasteiger partial charge >= 0.3 is 5.97 Å². The van der Waals surface area contributed by atoms with Crippen molar-refractivity contribution in [1.82, 2.24) is 10.1 Å². The van der Waals surface area contributed by atoms with Gasteiger partial charge in [0.1, 0.15) is 22.8 Å². The number of carboxylic acids is 1. The molecule has 196 valence electrons. The number of aromatic carboxylic acids is 1. The van der Waals surface area contributed by atoms with E-state index in [-0.39, 0.29) is 35.1 Å². The van der Waals surface area contributed by atoms with E-state index in [2.05, 4.69) is 15.0 Å². The Kier molecular flexibility index (Phi) is 5.70. The average molecular weight is 538 g/mol. The highest BCUT2D eigenvalue weighted by molar-refractivity contribution is 7.22. The van der Waals surface area contributed by atoms with Crippen LogP contribution in [0, 0.1) is 11.6 Å². The van der Waals surface area contributed by atoms with Gasteiger partial charge < -0.3 is 19.3 Å². The Morgan fingerprint density at radius 2 is 1.87 bits per heavy atom. The number of carboxylic acid groups (broad SMARTS) is 1. The lowest BCUT2D eigenvalue weighted by atomic mass is 10.00. The summed E-state index contributed by atoms with van der Waals surface area (Å²) in [5, 5.41) is 14.2. The van der Waals surface area contributed by atoms with Crippen LogP contribution in [-0.4, -0.2) is 39.4 Å². The molecular weight excluding hydrogens is 512 g/mol. The van der Waals surface area contributed by atoms with E-state index in [0.717, 1.165) is 61.0 Å². The molecule has 2 unspecified atom stereocenters. The second-order valence-electron chi connectivity index (χ2n) is 10.4. The first-order valence-corrected chi connectivity index (χ1v) is 13.7. The summed E-state index contributed by atoms with van der Waals surface area (Å²) in [6.07, 6.45) is 5.68. The van der Waals surface area contributed by atoms with Crippen molar-refractivity contribution in [2.24, 2.45) is 0 Å². The lowest BCUT2D eigenvalue weighted by Crippen LogP contribution is -2.45. The van der Waals surface area contributed by atoms with E-state index in [1.165, 1.54) is 23.5 Å². The zero-order valence-corrected chi connectivity index (χ0v) is 21.2. The zero-order valence-electron chi connectivity index (χ0n) is 20.4. The van der Waals surface area contributed by atoms with Crippen molar-refractivity contribution in [3.8, 4) is 11.3 Å². The van der Waals surface area contributed by atoms with E-state index in [1.54, 1.807) is 18.2 Å². The van der Waals surface area contributed by atoms with Crippen LogP contribution in [0.1, 0.15) is 66.1 Å². The van der Waals surface area contributed by atoms with Crippen molar-refractivity contribution in [2.45, 2.75) is 69.2 Å². The van der Waals surface area contributed by atoms with Gasteiger partial charge in [-0.15, -0.1) is 0 Å². The number of halogens is 2. The number of fused-ring (bicyclic) bond motifs is 3. The van der Waals surface area contributed by atoms with Gasteiger partial charge in [-0.05, 0) is 62.8 Å². The molecule has 1 saturated carbocycles. The summed E-state index contributed by atoms with van der Waals surface area (Å²) in [5.74, 6) is -0.978. The van der Waals surface area contributed by atoms with Crippen molar-refractivity contribution in [3.63, 3.8) is 0 Å². The lowest BCUT2D eigenvalue weighted by molar-refractivity contribution is 0.0147. The molecule has 10 heteroatoms. The van der Waals surface area contributed by atoms with E-state index < -0.39 is 11.8 Å². The van der Waals surface area contributed by atoms with Gasteiger partial charge in [-0.3, -0.25) is 0 Å². The van der Waals surface area contributed by atoms with Crippen LogP contribution >= 0.6 is 11.3 Å². The summed E-state index contributed by atoms with van der Waals surface area (Å²) in [5.41, 5.74) is 1.92. The minimum Gasteiger partial charge on any atom is -0.478 e. The van der Waals surface area contributed by atoms with Crippen LogP contribution < -0.4 is 4.90 Å². The first-order valence-electron chi connectivity index (χ1n) is 12.9. The van der Waals surface area contributed by atoms with Crippen LogP contribution in [0.3, 0.4) is 0 Å². The molecule has 38 heavy (non-hydrogen) atoms. The number of thiazole rings is 1. The molecule has 2 saturated heterocycles. The van der Waals surface area contributed by atoms with Gasteiger partial charge in [0.25, 0.3) is 0 Å². The maximum absolute atomic E-state index is 14.6. The number of nitrogens with zero attached hydrogens (tertiary/aromatic N) is 3. The normalized spacial score (nSPS) is 22.9. The van der Waals surface area contributed by atoms with Gasteiger partial charge in [-0.1, -0.05) is 28.6 Å². The van der Waals surface area contributed by atoms with Gasteiger partial charge in [0, 0.05) is 29.1 Å². The number of rotatable bonds is 7. The molecule has 4 aromatic rings.